The van der Waals surface area contributed by atoms with Crippen LogP contribution in [0.3, 0.4) is 0 Å². The monoisotopic (exact) mass is 193 g/mol. The highest BCUT2D eigenvalue weighted by Gasteiger charge is 2.21. The van der Waals surface area contributed by atoms with Crippen LogP contribution in [-0.2, 0) is 6.54 Å². The van der Waals surface area contributed by atoms with Gasteiger partial charge in [-0.1, -0.05) is 0 Å². The van der Waals surface area contributed by atoms with Gasteiger partial charge in [0.15, 0.2) is 0 Å². The Bertz CT molecular complexity index is 293. The van der Waals surface area contributed by atoms with Gasteiger partial charge in [0.25, 0.3) is 0 Å². The van der Waals surface area contributed by atoms with E-state index in [1.54, 1.807) is 6.07 Å². The molecule has 0 spiro atoms. The minimum absolute atomic E-state index is 0.220. The Kier molecular flexibility index (Phi) is 2.65. The van der Waals surface area contributed by atoms with Gasteiger partial charge < -0.3 is 15.3 Å². The molecule has 0 aromatic carbocycles. The van der Waals surface area contributed by atoms with Crippen LogP contribution in [0, 0.1) is 0 Å². The summed E-state index contributed by atoms with van der Waals surface area (Å²) in [5.41, 5.74) is 0.970. The molecule has 0 atom stereocenters. The molecule has 1 aromatic rings. The molecule has 14 heavy (non-hydrogen) atoms. The van der Waals surface area contributed by atoms with Crippen LogP contribution in [-0.4, -0.2) is 41.2 Å². The molecular weight excluding hydrogens is 178 g/mol. The predicted molar refractivity (Wildman–Crippen MR) is 54.0 cm³/mol. The summed E-state index contributed by atoms with van der Waals surface area (Å²) in [6.45, 7) is 2.99. The standard InChI is InChI=1S/C10H15N3O/c1-13-6-9(7-13)11-4-8-2-3-10(14)5-12-8/h2-3,5,9,11,14H,4,6-7H2,1H3. The highest BCUT2D eigenvalue weighted by atomic mass is 16.3. The molecule has 1 aliphatic heterocycles. The molecule has 0 unspecified atom stereocenters. The van der Waals surface area contributed by atoms with Crippen molar-refractivity contribution in [2.24, 2.45) is 0 Å². The molecule has 2 N–H and O–H groups in total. The second-order valence-electron chi connectivity index (χ2n) is 3.81. The van der Waals surface area contributed by atoms with E-state index in [0.717, 1.165) is 25.3 Å². The van der Waals surface area contributed by atoms with Crippen LogP contribution in [0.1, 0.15) is 5.69 Å². The molecule has 1 aliphatic rings. The summed E-state index contributed by atoms with van der Waals surface area (Å²) >= 11 is 0. The van der Waals surface area contributed by atoms with Gasteiger partial charge in [-0.3, -0.25) is 4.98 Å². The normalized spacial score (nSPS) is 18.1. The highest BCUT2D eigenvalue weighted by Crippen LogP contribution is 2.07. The van der Waals surface area contributed by atoms with Crippen molar-refractivity contribution in [1.82, 2.24) is 15.2 Å². The Morgan fingerprint density at radius 2 is 2.36 bits per heavy atom. The van der Waals surface area contributed by atoms with E-state index in [9.17, 15) is 0 Å². The molecular formula is C10H15N3O. The van der Waals surface area contributed by atoms with E-state index in [-0.39, 0.29) is 5.75 Å². The molecule has 2 rings (SSSR count). The third-order valence-corrected chi connectivity index (χ3v) is 2.45. The van der Waals surface area contributed by atoms with Gasteiger partial charge in [0.2, 0.25) is 0 Å². The summed E-state index contributed by atoms with van der Waals surface area (Å²) in [6, 6.07) is 4.09. The lowest BCUT2D eigenvalue weighted by molar-refractivity contribution is 0.160. The molecule has 2 heterocycles. The van der Waals surface area contributed by atoms with Crippen molar-refractivity contribution < 1.29 is 5.11 Å². The summed E-state index contributed by atoms with van der Waals surface area (Å²) < 4.78 is 0. The summed E-state index contributed by atoms with van der Waals surface area (Å²) in [5.74, 6) is 0.220. The number of nitrogens with zero attached hydrogens (tertiary/aromatic N) is 2. The van der Waals surface area contributed by atoms with Crippen molar-refractivity contribution in [1.29, 1.82) is 0 Å². The van der Waals surface area contributed by atoms with Crippen LogP contribution in [0.15, 0.2) is 18.3 Å². The highest BCUT2D eigenvalue weighted by molar-refractivity contribution is 5.17. The van der Waals surface area contributed by atoms with Crippen LogP contribution < -0.4 is 5.32 Å². The van der Waals surface area contributed by atoms with Gasteiger partial charge >= 0.3 is 0 Å². The Hall–Kier alpha value is -1.13. The maximum atomic E-state index is 9.04. The van der Waals surface area contributed by atoms with Crippen molar-refractivity contribution in [3.05, 3.63) is 24.0 Å². The van der Waals surface area contributed by atoms with E-state index >= 15 is 0 Å². The molecule has 0 bridgehead atoms. The smallest absolute Gasteiger partial charge is 0.133 e. The molecule has 1 fully saturated rings. The summed E-state index contributed by atoms with van der Waals surface area (Å²) in [7, 11) is 2.11. The van der Waals surface area contributed by atoms with E-state index < -0.39 is 0 Å². The first-order valence-electron chi connectivity index (χ1n) is 4.80. The molecule has 0 amide bonds. The first-order valence-corrected chi connectivity index (χ1v) is 4.80. The van der Waals surface area contributed by atoms with Gasteiger partial charge in [0.05, 0.1) is 11.9 Å². The number of rotatable bonds is 3. The largest absolute Gasteiger partial charge is 0.506 e. The zero-order valence-corrected chi connectivity index (χ0v) is 8.27. The molecule has 1 aromatic heterocycles. The molecule has 76 valence electrons. The van der Waals surface area contributed by atoms with E-state index in [1.165, 1.54) is 6.20 Å². The number of aromatic nitrogens is 1. The van der Waals surface area contributed by atoms with Crippen LogP contribution in [0.4, 0.5) is 0 Å². The van der Waals surface area contributed by atoms with Crippen LogP contribution in [0.25, 0.3) is 0 Å². The summed E-state index contributed by atoms with van der Waals surface area (Å²) in [4.78, 5) is 6.37. The lowest BCUT2D eigenvalue weighted by atomic mass is 10.1. The topological polar surface area (TPSA) is 48.4 Å². The van der Waals surface area contributed by atoms with Gasteiger partial charge in [-0.25, -0.2) is 0 Å². The molecule has 0 aliphatic carbocycles. The molecule has 4 nitrogen and oxygen atoms in total. The van der Waals surface area contributed by atoms with Crippen LogP contribution >= 0.6 is 0 Å². The minimum Gasteiger partial charge on any atom is -0.506 e. The number of nitrogens with one attached hydrogen (secondary N) is 1. The van der Waals surface area contributed by atoms with Crippen molar-refractivity contribution in [3.8, 4) is 5.75 Å². The first-order chi connectivity index (χ1) is 6.74. The Balaban J connectivity index is 1.78. The Labute approximate surface area is 83.6 Å². The Morgan fingerprint density at radius 1 is 1.57 bits per heavy atom. The van der Waals surface area contributed by atoms with Gasteiger partial charge in [-0.15, -0.1) is 0 Å². The van der Waals surface area contributed by atoms with Crippen LogP contribution in [0.5, 0.6) is 5.75 Å². The number of aromatic hydroxyl groups is 1. The average molecular weight is 193 g/mol. The van der Waals surface area contributed by atoms with E-state index in [1.807, 2.05) is 6.07 Å². The van der Waals surface area contributed by atoms with Crippen molar-refractivity contribution in [3.63, 3.8) is 0 Å². The zero-order chi connectivity index (χ0) is 9.97. The van der Waals surface area contributed by atoms with E-state index in [2.05, 4.69) is 22.2 Å². The Morgan fingerprint density at radius 3 is 2.93 bits per heavy atom. The number of hydrogen-bond acceptors (Lipinski definition) is 4. The van der Waals surface area contributed by atoms with Gasteiger partial charge in [-0.05, 0) is 19.2 Å². The van der Waals surface area contributed by atoms with Crippen molar-refractivity contribution >= 4 is 0 Å². The fraction of sp³-hybridized carbons (Fsp3) is 0.500. The summed E-state index contributed by atoms with van der Waals surface area (Å²) in [6.07, 6.45) is 1.48. The number of likely N-dealkylation sites (tertiary alicyclic amines) is 1. The van der Waals surface area contributed by atoms with Gasteiger partial charge in [-0.2, -0.15) is 0 Å². The lowest BCUT2D eigenvalue weighted by Crippen LogP contribution is -2.55. The zero-order valence-electron chi connectivity index (χ0n) is 8.27. The van der Waals surface area contributed by atoms with E-state index in [0.29, 0.717) is 6.04 Å². The number of pyridine rings is 1. The number of likely N-dealkylation sites (N-methyl/N-ethyl adjacent to an activating group) is 1. The van der Waals surface area contributed by atoms with Crippen LogP contribution in [0.2, 0.25) is 0 Å². The molecule has 0 radical (unpaired) electrons. The predicted octanol–water partition coefficient (Wildman–Crippen LogP) is 0.191. The van der Waals surface area contributed by atoms with Gasteiger partial charge in [0, 0.05) is 25.7 Å². The summed E-state index contributed by atoms with van der Waals surface area (Å²) in [5, 5.41) is 12.4. The van der Waals surface area contributed by atoms with Gasteiger partial charge in [0.1, 0.15) is 5.75 Å². The number of hydrogen-bond donors (Lipinski definition) is 2. The average Bonchev–Trinajstić information content (AvgIpc) is 2.13. The fourth-order valence-corrected chi connectivity index (χ4v) is 1.60. The minimum atomic E-state index is 0.220. The maximum Gasteiger partial charge on any atom is 0.133 e. The lowest BCUT2D eigenvalue weighted by Gasteiger charge is -2.36. The van der Waals surface area contributed by atoms with Crippen molar-refractivity contribution in [2.45, 2.75) is 12.6 Å². The van der Waals surface area contributed by atoms with E-state index in [4.69, 9.17) is 5.11 Å². The van der Waals surface area contributed by atoms with Crippen molar-refractivity contribution in [2.75, 3.05) is 20.1 Å². The molecule has 0 saturated carbocycles. The second-order valence-corrected chi connectivity index (χ2v) is 3.81. The molecule has 4 heteroatoms. The molecule has 1 saturated heterocycles. The third kappa shape index (κ3) is 2.21. The first kappa shape index (κ1) is 9.43. The fourth-order valence-electron chi connectivity index (χ4n) is 1.60. The third-order valence-electron chi connectivity index (χ3n) is 2.45. The SMILES string of the molecule is CN1CC(NCc2ccc(O)cn2)C1. The maximum absolute atomic E-state index is 9.04. The second kappa shape index (κ2) is 3.94. The quantitative estimate of drug-likeness (QED) is 0.719.